The number of esters is 1. The summed E-state index contributed by atoms with van der Waals surface area (Å²) < 4.78 is 10.3. The summed E-state index contributed by atoms with van der Waals surface area (Å²) in [7, 11) is 3.19. The lowest BCUT2D eigenvalue weighted by molar-refractivity contribution is -0.133. The number of carbonyl (C=O) groups is 2. The summed E-state index contributed by atoms with van der Waals surface area (Å²) in [6.45, 7) is -0.0638. The minimum absolute atomic E-state index is 0.120. The van der Waals surface area contributed by atoms with Crippen LogP contribution in [0.1, 0.15) is 15.9 Å². The average Bonchev–Trinajstić information content (AvgIpc) is 2.61. The third-order valence-corrected chi connectivity index (χ3v) is 4.07. The molecule has 0 spiro atoms. The third-order valence-electron chi connectivity index (χ3n) is 3.50. The zero-order valence-electron chi connectivity index (χ0n) is 13.8. The van der Waals surface area contributed by atoms with Gasteiger partial charge in [-0.15, -0.1) is 0 Å². The second kappa shape index (κ2) is 8.74. The maximum atomic E-state index is 12.2. The molecule has 0 N–H and O–H groups in total. The summed E-state index contributed by atoms with van der Waals surface area (Å²) in [5.41, 5.74) is 0.972. The number of rotatable bonds is 6. The van der Waals surface area contributed by atoms with Gasteiger partial charge in [0.25, 0.3) is 5.91 Å². The number of likely N-dealkylation sites (N-methyl/N-ethyl adjacent to an activating group) is 1. The fraction of sp³-hybridized carbons (Fsp3) is 0.222. The number of para-hydroxylation sites is 1. The van der Waals surface area contributed by atoms with E-state index >= 15 is 0 Å². The highest BCUT2D eigenvalue weighted by atomic mass is 35.5. The topological polar surface area (TPSA) is 55.8 Å². The lowest BCUT2D eigenvalue weighted by atomic mass is 10.2. The molecule has 0 heterocycles. The predicted octanol–water partition coefficient (Wildman–Crippen LogP) is 3.82. The Bertz CT molecular complexity index is 779. The number of ether oxygens (including phenoxy) is 2. The van der Waals surface area contributed by atoms with Gasteiger partial charge in [-0.05, 0) is 24.3 Å². The first kappa shape index (κ1) is 19.1. The van der Waals surface area contributed by atoms with Crippen molar-refractivity contribution in [3.8, 4) is 5.75 Å². The van der Waals surface area contributed by atoms with E-state index in [9.17, 15) is 9.59 Å². The maximum absolute atomic E-state index is 12.2. The van der Waals surface area contributed by atoms with Crippen LogP contribution in [0.3, 0.4) is 0 Å². The number of hydrogen-bond donors (Lipinski definition) is 0. The van der Waals surface area contributed by atoms with Gasteiger partial charge in [-0.1, -0.05) is 41.4 Å². The van der Waals surface area contributed by atoms with Crippen LogP contribution in [-0.2, 0) is 16.1 Å². The number of carbonyl (C=O) groups excluding carboxylic acids is 2. The molecule has 2 aromatic rings. The number of benzene rings is 2. The van der Waals surface area contributed by atoms with Gasteiger partial charge in [-0.2, -0.15) is 0 Å². The highest BCUT2D eigenvalue weighted by Gasteiger charge is 2.17. The van der Waals surface area contributed by atoms with E-state index < -0.39 is 12.6 Å². The Morgan fingerprint density at radius 1 is 1.12 bits per heavy atom. The van der Waals surface area contributed by atoms with E-state index in [2.05, 4.69) is 0 Å². The van der Waals surface area contributed by atoms with Crippen molar-refractivity contribution in [1.82, 2.24) is 4.90 Å². The molecule has 5 nitrogen and oxygen atoms in total. The first-order valence-corrected chi connectivity index (χ1v) is 8.16. The standard InChI is InChI=1S/C18H17Cl2NO4/c1-21(10-12-5-3-4-6-16(12)24-2)17(22)11-25-18(23)14-9-13(19)7-8-15(14)20/h3-9H,10-11H2,1-2H3. The van der Waals surface area contributed by atoms with E-state index in [1.165, 1.54) is 17.0 Å². The minimum Gasteiger partial charge on any atom is -0.496 e. The number of amides is 1. The zero-order valence-corrected chi connectivity index (χ0v) is 15.3. The molecule has 2 rings (SSSR count). The fourth-order valence-electron chi connectivity index (χ4n) is 2.15. The van der Waals surface area contributed by atoms with E-state index in [0.29, 0.717) is 17.3 Å². The molecule has 25 heavy (non-hydrogen) atoms. The van der Waals surface area contributed by atoms with Crippen LogP contribution in [0.25, 0.3) is 0 Å². The van der Waals surface area contributed by atoms with Crippen molar-refractivity contribution < 1.29 is 19.1 Å². The monoisotopic (exact) mass is 381 g/mol. The van der Waals surface area contributed by atoms with Crippen LogP contribution in [0.5, 0.6) is 5.75 Å². The second-order valence-electron chi connectivity index (χ2n) is 5.26. The lowest BCUT2D eigenvalue weighted by Gasteiger charge is -2.18. The van der Waals surface area contributed by atoms with Crippen LogP contribution in [0, 0.1) is 0 Å². The number of methoxy groups -OCH3 is 1. The Morgan fingerprint density at radius 3 is 2.56 bits per heavy atom. The molecule has 1 amide bonds. The smallest absolute Gasteiger partial charge is 0.340 e. The number of hydrogen-bond acceptors (Lipinski definition) is 4. The Balaban J connectivity index is 1.95. The molecule has 0 atom stereocenters. The van der Waals surface area contributed by atoms with Gasteiger partial charge in [0.15, 0.2) is 6.61 Å². The van der Waals surface area contributed by atoms with Crippen molar-refractivity contribution in [2.45, 2.75) is 6.54 Å². The molecule has 0 unspecified atom stereocenters. The van der Waals surface area contributed by atoms with E-state index in [1.54, 1.807) is 20.2 Å². The fourth-order valence-corrected chi connectivity index (χ4v) is 2.51. The summed E-state index contributed by atoms with van der Waals surface area (Å²) in [5, 5.41) is 0.570. The lowest BCUT2D eigenvalue weighted by Crippen LogP contribution is -2.31. The Labute approximate surface area is 156 Å². The Hall–Kier alpha value is -2.24. The first-order chi connectivity index (χ1) is 11.9. The van der Waals surface area contributed by atoms with Crippen LogP contribution in [0.2, 0.25) is 10.0 Å². The van der Waals surface area contributed by atoms with E-state index in [1.807, 2.05) is 24.3 Å². The van der Waals surface area contributed by atoms with Crippen molar-refractivity contribution in [1.29, 1.82) is 0 Å². The molecular weight excluding hydrogens is 365 g/mol. The Morgan fingerprint density at radius 2 is 1.84 bits per heavy atom. The molecule has 0 aliphatic carbocycles. The molecule has 0 saturated carbocycles. The summed E-state index contributed by atoms with van der Waals surface area (Å²) >= 11 is 11.8. The van der Waals surface area contributed by atoms with Gasteiger partial charge >= 0.3 is 5.97 Å². The van der Waals surface area contributed by atoms with Gasteiger partial charge in [0.1, 0.15) is 5.75 Å². The van der Waals surface area contributed by atoms with Crippen molar-refractivity contribution in [3.05, 3.63) is 63.6 Å². The Kier molecular flexibility index (Phi) is 6.67. The summed E-state index contributed by atoms with van der Waals surface area (Å²) in [6.07, 6.45) is 0. The average molecular weight is 382 g/mol. The summed E-state index contributed by atoms with van der Waals surface area (Å²) in [4.78, 5) is 25.7. The predicted molar refractivity (Wildman–Crippen MR) is 96.2 cm³/mol. The molecule has 0 aliphatic rings. The third kappa shape index (κ3) is 5.11. The molecule has 0 radical (unpaired) electrons. The van der Waals surface area contributed by atoms with Crippen LogP contribution in [0.15, 0.2) is 42.5 Å². The molecule has 0 aliphatic heterocycles. The van der Waals surface area contributed by atoms with Crippen molar-refractivity contribution in [2.75, 3.05) is 20.8 Å². The molecule has 0 saturated heterocycles. The first-order valence-electron chi connectivity index (χ1n) is 7.40. The van der Waals surface area contributed by atoms with Gasteiger partial charge in [0, 0.05) is 24.2 Å². The quantitative estimate of drug-likeness (QED) is 0.713. The highest BCUT2D eigenvalue weighted by Crippen LogP contribution is 2.22. The molecule has 132 valence electrons. The van der Waals surface area contributed by atoms with E-state index in [0.717, 1.165) is 5.56 Å². The normalized spacial score (nSPS) is 10.2. The molecule has 0 aromatic heterocycles. The zero-order chi connectivity index (χ0) is 18.4. The number of nitrogens with zero attached hydrogens (tertiary/aromatic N) is 1. The van der Waals surface area contributed by atoms with Gasteiger partial charge in [0.05, 0.1) is 17.7 Å². The largest absolute Gasteiger partial charge is 0.496 e. The van der Waals surface area contributed by atoms with Gasteiger partial charge in [-0.3, -0.25) is 4.79 Å². The highest BCUT2D eigenvalue weighted by molar-refractivity contribution is 6.35. The molecule has 0 bridgehead atoms. The maximum Gasteiger partial charge on any atom is 0.340 e. The van der Waals surface area contributed by atoms with Gasteiger partial charge in [-0.25, -0.2) is 4.79 Å². The SMILES string of the molecule is COc1ccccc1CN(C)C(=O)COC(=O)c1cc(Cl)ccc1Cl. The van der Waals surface area contributed by atoms with Crippen molar-refractivity contribution in [3.63, 3.8) is 0 Å². The minimum atomic E-state index is -0.702. The van der Waals surface area contributed by atoms with Crippen molar-refractivity contribution in [2.24, 2.45) is 0 Å². The van der Waals surface area contributed by atoms with E-state index in [4.69, 9.17) is 32.7 Å². The van der Waals surface area contributed by atoms with Crippen LogP contribution < -0.4 is 4.74 Å². The second-order valence-corrected chi connectivity index (χ2v) is 6.11. The van der Waals surface area contributed by atoms with Crippen molar-refractivity contribution >= 4 is 35.1 Å². The number of halogens is 2. The van der Waals surface area contributed by atoms with Crippen LogP contribution in [-0.4, -0.2) is 37.5 Å². The van der Waals surface area contributed by atoms with Gasteiger partial charge in [0.2, 0.25) is 0 Å². The summed E-state index contributed by atoms with van der Waals surface area (Å²) in [6, 6.07) is 11.8. The summed E-state index contributed by atoms with van der Waals surface area (Å²) in [5.74, 6) is -0.367. The molecule has 7 heteroatoms. The molecular formula is C18H17Cl2NO4. The molecule has 2 aromatic carbocycles. The van der Waals surface area contributed by atoms with Crippen LogP contribution >= 0.6 is 23.2 Å². The van der Waals surface area contributed by atoms with E-state index in [-0.39, 0.29) is 16.5 Å². The van der Waals surface area contributed by atoms with Crippen LogP contribution in [0.4, 0.5) is 0 Å². The molecule has 0 fully saturated rings. The van der Waals surface area contributed by atoms with Gasteiger partial charge < -0.3 is 14.4 Å².